The smallest absolute Gasteiger partial charge is 0.328 e. The molecule has 2 N–H and O–H groups in total. The zero-order chi connectivity index (χ0) is 13.4. The Morgan fingerprint density at radius 3 is 2.56 bits per heavy atom. The summed E-state index contributed by atoms with van der Waals surface area (Å²) in [5, 5.41) is 11.2. The number of amides is 1. The highest BCUT2D eigenvalue weighted by Gasteiger charge is 2.19. The number of unbranched alkanes of at least 4 members (excludes halogenated alkanes) is 1. The van der Waals surface area contributed by atoms with E-state index in [0.717, 1.165) is 44.6 Å². The van der Waals surface area contributed by atoms with Crippen molar-refractivity contribution in [1.29, 1.82) is 0 Å². The van der Waals surface area contributed by atoms with E-state index in [0.29, 0.717) is 0 Å². The predicted molar refractivity (Wildman–Crippen MR) is 69.3 cm³/mol. The number of hydrogen-bond donors (Lipinski definition) is 2. The number of hydrogen-bond acceptors (Lipinski definition) is 3. The highest BCUT2D eigenvalue weighted by molar-refractivity contribution is 5.93. The van der Waals surface area contributed by atoms with Gasteiger partial charge in [-0.2, -0.15) is 0 Å². The zero-order valence-electron chi connectivity index (χ0n) is 10.9. The van der Waals surface area contributed by atoms with Crippen molar-refractivity contribution in [2.75, 3.05) is 19.6 Å². The molecule has 0 aromatic rings. The first-order valence-electron chi connectivity index (χ1n) is 6.55. The Balaban J connectivity index is 2.22. The van der Waals surface area contributed by atoms with Crippen molar-refractivity contribution in [1.82, 2.24) is 10.2 Å². The maximum Gasteiger partial charge on any atom is 0.328 e. The lowest BCUT2D eigenvalue weighted by molar-refractivity contribution is -0.131. The van der Waals surface area contributed by atoms with Crippen molar-refractivity contribution in [2.45, 2.75) is 38.6 Å². The van der Waals surface area contributed by atoms with Gasteiger partial charge in [0.15, 0.2) is 0 Å². The fourth-order valence-electron chi connectivity index (χ4n) is 2.08. The molecule has 0 unspecified atom stereocenters. The number of carbonyl (C=O) groups excluding carboxylic acids is 1. The molecular formula is C13H22N2O3. The van der Waals surface area contributed by atoms with Gasteiger partial charge >= 0.3 is 5.97 Å². The molecule has 0 aromatic carbocycles. The van der Waals surface area contributed by atoms with Gasteiger partial charge in [-0.1, -0.05) is 13.3 Å². The zero-order valence-corrected chi connectivity index (χ0v) is 10.9. The molecule has 1 aliphatic rings. The molecule has 102 valence electrons. The Labute approximate surface area is 108 Å². The van der Waals surface area contributed by atoms with Crippen molar-refractivity contribution in [3.8, 4) is 0 Å². The third kappa shape index (κ3) is 5.82. The quantitative estimate of drug-likeness (QED) is 0.694. The molecule has 0 saturated carbocycles. The van der Waals surface area contributed by atoms with E-state index in [1.807, 2.05) is 0 Å². The number of rotatable bonds is 6. The molecule has 0 bridgehead atoms. The van der Waals surface area contributed by atoms with Crippen LogP contribution in [0.5, 0.6) is 0 Å². The lowest BCUT2D eigenvalue weighted by Gasteiger charge is -2.32. The van der Waals surface area contributed by atoms with Gasteiger partial charge in [-0.25, -0.2) is 4.79 Å². The third-order valence-electron chi connectivity index (χ3n) is 3.14. The minimum atomic E-state index is -1.10. The van der Waals surface area contributed by atoms with Crippen LogP contribution in [0.25, 0.3) is 0 Å². The molecule has 0 aliphatic carbocycles. The number of nitrogens with one attached hydrogen (secondary N) is 1. The summed E-state index contributed by atoms with van der Waals surface area (Å²) in [5.41, 5.74) is 0. The fourth-order valence-corrected chi connectivity index (χ4v) is 2.08. The summed E-state index contributed by atoms with van der Waals surface area (Å²) >= 11 is 0. The SMILES string of the molecule is CCCCN1CCC(NC(=O)/C=C/C(=O)O)CC1. The molecule has 1 saturated heterocycles. The normalized spacial score (nSPS) is 18.1. The maximum atomic E-state index is 11.4. The first-order chi connectivity index (χ1) is 8.61. The number of carboxylic acid groups (broad SMARTS) is 1. The number of carboxylic acids is 1. The van der Waals surface area contributed by atoms with Gasteiger partial charge in [0.1, 0.15) is 0 Å². The average molecular weight is 254 g/mol. The standard InChI is InChI=1S/C13H22N2O3/c1-2-3-8-15-9-6-11(7-10-15)14-12(16)4-5-13(17)18/h4-5,11H,2-3,6-10H2,1H3,(H,14,16)(H,17,18)/b5-4+. The second kappa shape index (κ2) is 7.87. The molecule has 5 nitrogen and oxygen atoms in total. The van der Waals surface area contributed by atoms with Crippen LogP contribution in [0.15, 0.2) is 12.2 Å². The van der Waals surface area contributed by atoms with Crippen LogP contribution in [0.1, 0.15) is 32.6 Å². The Hall–Kier alpha value is -1.36. The molecule has 1 heterocycles. The highest BCUT2D eigenvalue weighted by Crippen LogP contribution is 2.11. The summed E-state index contributed by atoms with van der Waals surface area (Å²) in [5.74, 6) is -1.41. The van der Waals surface area contributed by atoms with E-state index < -0.39 is 5.97 Å². The lowest BCUT2D eigenvalue weighted by Crippen LogP contribution is -2.44. The van der Waals surface area contributed by atoms with Gasteiger partial charge in [0.05, 0.1) is 0 Å². The maximum absolute atomic E-state index is 11.4. The van der Waals surface area contributed by atoms with E-state index in [1.54, 1.807) is 0 Å². The number of likely N-dealkylation sites (tertiary alicyclic amines) is 1. The molecule has 0 aromatic heterocycles. The molecule has 0 spiro atoms. The first-order valence-corrected chi connectivity index (χ1v) is 6.55. The number of carbonyl (C=O) groups is 2. The fraction of sp³-hybridized carbons (Fsp3) is 0.692. The van der Waals surface area contributed by atoms with Crippen LogP contribution >= 0.6 is 0 Å². The number of aliphatic carboxylic acids is 1. The predicted octanol–water partition coefficient (Wildman–Crippen LogP) is 1.01. The van der Waals surface area contributed by atoms with Crippen molar-refractivity contribution in [3.05, 3.63) is 12.2 Å². The van der Waals surface area contributed by atoms with Crippen LogP contribution in [0.4, 0.5) is 0 Å². The van der Waals surface area contributed by atoms with Gasteiger partial charge < -0.3 is 15.3 Å². The van der Waals surface area contributed by atoms with Crippen LogP contribution in [-0.2, 0) is 9.59 Å². The van der Waals surface area contributed by atoms with E-state index in [2.05, 4.69) is 17.1 Å². The third-order valence-corrected chi connectivity index (χ3v) is 3.14. The summed E-state index contributed by atoms with van der Waals surface area (Å²) in [6.45, 7) is 5.33. The van der Waals surface area contributed by atoms with Gasteiger partial charge in [0, 0.05) is 31.3 Å². The molecule has 1 fully saturated rings. The molecule has 0 atom stereocenters. The Morgan fingerprint density at radius 1 is 1.33 bits per heavy atom. The minimum Gasteiger partial charge on any atom is -0.478 e. The van der Waals surface area contributed by atoms with Crippen LogP contribution in [0.3, 0.4) is 0 Å². The second-order valence-electron chi connectivity index (χ2n) is 4.65. The highest BCUT2D eigenvalue weighted by atomic mass is 16.4. The van der Waals surface area contributed by atoms with E-state index in [9.17, 15) is 9.59 Å². The second-order valence-corrected chi connectivity index (χ2v) is 4.65. The summed E-state index contributed by atoms with van der Waals surface area (Å²) in [7, 11) is 0. The number of nitrogens with zero attached hydrogens (tertiary/aromatic N) is 1. The van der Waals surface area contributed by atoms with Gasteiger partial charge in [-0.3, -0.25) is 4.79 Å². The molecular weight excluding hydrogens is 232 g/mol. The Bertz CT molecular complexity index is 307. The summed E-state index contributed by atoms with van der Waals surface area (Å²) in [6.07, 6.45) is 6.25. The van der Waals surface area contributed by atoms with Crippen molar-refractivity contribution < 1.29 is 14.7 Å². The van der Waals surface area contributed by atoms with Crippen LogP contribution in [-0.4, -0.2) is 47.6 Å². The summed E-state index contributed by atoms with van der Waals surface area (Å²) in [6, 6.07) is 0.175. The molecule has 1 rings (SSSR count). The molecule has 1 aliphatic heterocycles. The van der Waals surface area contributed by atoms with Crippen LogP contribution in [0.2, 0.25) is 0 Å². The van der Waals surface area contributed by atoms with E-state index in [-0.39, 0.29) is 11.9 Å². The van der Waals surface area contributed by atoms with Crippen molar-refractivity contribution in [2.24, 2.45) is 0 Å². The lowest BCUT2D eigenvalue weighted by atomic mass is 10.0. The van der Waals surface area contributed by atoms with Gasteiger partial charge in [0.25, 0.3) is 0 Å². The molecule has 1 amide bonds. The minimum absolute atomic E-state index is 0.175. The van der Waals surface area contributed by atoms with Gasteiger partial charge in [0.2, 0.25) is 5.91 Å². The topological polar surface area (TPSA) is 69.6 Å². The van der Waals surface area contributed by atoms with E-state index in [1.165, 1.54) is 12.8 Å². The number of piperidine rings is 1. The van der Waals surface area contributed by atoms with Crippen molar-refractivity contribution in [3.63, 3.8) is 0 Å². The van der Waals surface area contributed by atoms with Gasteiger partial charge in [-0.05, 0) is 25.8 Å². The van der Waals surface area contributed by atoms with E-state index >= 15 is 0 Å². The van der Waals surface area contributed by atoms with Crippen molar-refractivity contribution >= 4 is 11.9 Å². The molecule has 18 heavy (non-hydrogen) atoms. The summed E-state index contributed by atoms with van der Waals surface area (Å²) in [4.78, 5) is 24.1. The van der Waals surface area contributed by atoms with Crippen LogP contribution in [0, 0.1) is 0 Å². The molecule has 0 radical (unpaired) electrons. The Kier molecular flexibility index (Phi) is 6.43. The van der Waals surface area contributed by atoms with Crippen LogP contribution < -0.4 is 5.32 Å². The Morgan fingerprint density at radius 2 is 2.00 bits per heavy atom. The molecule has 5 heteroatoms. The summed E-state index contributed by atoms with van der Waals surface area (Å²) < 4.78 is 0. The average Bonchev–Trinajstić information content (AvgIpc) is 2.35. The first kappa shape index (κ1) is 14.7. The van der Waals surface area contributed by atoms with Gasteiger partial charge in [-0.15, -0.1) is 0 Å². The largest absolute Gasteiger partial charge is 0.478 e. The van der Waals surface area contributed by atoms with E-state index in [4.69, 9.17) is 5.11 Å². The monoisotopic (exact) mass is 254 g/mol.